The summed E-state index contributed by atoms with van der Waals surface area (Å²) in [6, 6.07) is 32.3. The Morgan fingerprint density at radius 2 is 1.39 bits per heavy atom. The van der Waals surface area contributed by atoms with E-state index in [0.717, 1.165) is 12.8 Å². The molecule has 4 aromatic carbocycles. The summed E-state index contributed by atoms with van der Waals surface area (Å²) in [5.41, 5.74) is 11.9. The van der Waals surface area contributed by atoms with Crippen molar-refractivity contribution < 1.29 is 0 Å². The zero-order valence-electron chi connectivity index (χ0n) is 22.2. The number of aryl methyl sites for hydroxylation is 2. The molecule has 0 spiro atoms. The van der Waals surface area contributed by atoms with Crippen LogP contribution in [-0.4, -0.2) is 4.98 Å². The Morgan fingerprint density at radius 3 is 2.08 bits per heavy atom. The highest BCUT2D eigenvalue weighted by atomic mass is 14.7. The van der Waals surface area contributed by atoms with Gasteiger partial charge in [-0.15, -0.1) is 0 Å². The van der Waals surface area contributed by atoms with E-state index in [0.29, 0.717) is 0 Å². The summed E-state index contributed by atoms with van der Waals surface area (Å²) in [7, 11) is 0. The van der Waals surface area contributed by atoms with E-state index in [9.17, 15) is 0 Å². The molecule has 1 aliphatic rings. The van der Waals surface area contributed by atoms with Crippen molar-refractivity contribution in [1.82, 2.24) is 4.98 Å². The van der Waals surface area contributed by atoms with Crippen molar-refractivity contribution in [2.45, 2.75) is 47.5 Å². The van der Waals surface area contributed by atoms with Gasteiger partial charge in [-0.25, -0.2) is 0 Å². The SMILES string of the molecule is CC.CC1=C(c2ccc(-c3cccc4[nH]c5ccccc5c34)cc2C)CCC=C1.Cc1ccccc1. The molecular formula is C35H37N. The van der Waals surface area contributed by atoms with E-state index in [1.807, 2.05) is 32.0 Å². The molecule has 0 atom stereocenters. The van der Waals surface area contributed by atoms with Crippen LogP contribution in [-0.2, 0) is 0 Å². The van der Waals surface area contributed by atoms with Crippen molar-refractivity contribution in [1.29, 1.82) is 0 Å². The average molecular weight is 472 g/mol. The summed E-state index contributed by atoms with van der Waals surface area (Å²) in [6.07, 6.45) is 6.82. The van der Waals surface area contributed by atoms with Crippen LogP contribution in [0.15, 0.2) is 109 Å². The number of hydrogen-bond acceptors (Lipinski definition) is 0. The molecule has 182 valence electrons. The third kappa shape index (κ3) is 5.36. The summed E-state index contributed by atoms with van der Waals surface area (Å²) in [4.78, 5) is 3.56. The molecule has 1 heteroatoms. The number of fused-ring (bicyclic) bond motifs is 3. The van der Waals surface area contributed by atoms with Gasteiger partial charge in [0.25, 0.3) is 0 Å². The van der Waals surface area contributed by atoms with E-state index in [2.05, 4.69) is 111 Å². The van der Waals surface area contributed by atoms with Gasteiger partial charge in [0.15, 0.2) is 0 Å². The molecule has 0 saturated heterocycles. The summed E-state index contributed by atoms with van der Waals surface area (Å²) in [6.45, 7) is 10.6. The maximum Gasteiger partial charge on any atom is 0.0471 e. The van der Waals surface area contributed by atoms with Gasteiger partial charge in [-0.2, -0.15) is 0 Å². The van der Waals surface area contributed by atoms with E-state index in [-0.39, 0.29) is 0 Å². The third-order valence-electron chi connectivity index (χ3n) is 6.74. The zero-order chi connectivity index (χ0) is 25.5. The highest BCUT2D eigenvalue weighted by Crippen LogP contribution is 2.37. The topological polar surface area (TPSA) is 15.8 Å². The predicted octanol–water partition coefficient (Wildman–Crippen LogP) is 10.4. The van der Waals surface area contributed by atoms with Gasteiger partial charge < -0.3 is 4.98 Å². The largest absolute Gasteiger partial charge is 0.354 e. The van der Waals surface area contributed by atoms with Crippen LogP contribution in [0.4, 0.5) is 0 Å². The molecule has 6 rings (SSSR count). The minimum atomic E-state index is 1.14. The van der Waals surface area contributed by atoms with E-state index >= 15 is 0 Å². The van der Waals surface area contributed by atoms with Crippen LogP contribution in [0.2, 0.25) is 0 Å². The van der Waals surface area contributed by atoms with Crippen LogP contribution in [0.25, 0.3) is 38.5 Å². The van der Waals surface area contributed by atoms with Gasteiger partial charge in [-0.05, 0) is 79.1 Å². The number of aromatic nitrogens is 1. The second-order valence-corrected chi connectivity index (χ2v) is 9.19. The van der Waals surface area contributed by atoms with Crippen molar-refractivity contribution in [2.75, 3.05) is 0 Å². The lowest BCUT2D eigenvalue weighted by Gasteiger charge is -2.17. The summed E-state index contributed by atoms with van der Waals surface area (Å²) in [5.74, 6) is 0. The number of aromatic amines is 1. The number of allylic oxidation sites excluding steroid dienone is 4. The number of benzene rings is 4. The Balaban J connectivity index is 0.000000290. The molecule has 0 amide bonds. The van der Waals surface area contributed by atoms with Gasteiger partial charge in [-0.1, -0.05) is 110 Å². The van der Waals surface area contributed by atoms with Crippen molar-refractivity contribution in [3.63, 3.8) is 0 Å². The van der Waals surface area contributed by atoms with Gasteiger partial charge >= 0.3 is 0 Å². The maximum atomic E-state index is 3.56. The fourth-order valence-corrected chi connectivity index (χ4v) is 4.98. The van der Waals surface area contributed by atoms with Crippen LogP contribution in [0.1, 0.15) is 50.3 Å². The van der Waals surface area contributed by atoms with Crippen molar-refractivity contribution >= 4 is 27.4 Å². The van der Waals surface area contributed by atoms with E-state index in [1.54, 1.807) is 0 Å². The summed E-state index contributed by atoms with van der Waals surface area (Å²) < 4.78 is 0. The first-order valence-electron chi connectivity index (χ1n) is 13.1. The monoisotopic (exact) mass is 471 g/mol. The Labute approximate surface area is 216 Å². The Morgan fingerprint density at radius 1 is 0.667 bits per heavy atom. The molecule has 1 aromatic heterocycles. The van der Waals surface area contributed by atoms with E-state index in [4.69, 9.17) is 0 Å². The second-order valence-electron chi connectivity index (χ2n) is 9.19. The lowest BCUT2D eigenvalue weighted by molar-refractivity contribution is 1.03. The quantitative estimate of drug-likeness (QED) is 0.263. The molecule has 0 unspecified atom stereocenters. The van der Waals surface area contributed by atoms with Crippen LogP contribution in [0, 0.1) is 13.8 Å². The van der Waals surface area contributed by atoms with Gasteiger partial charge in [0.1, 0.15) is 0 Å². The number of rotatable bonds is 2. The number of H-pyrrole nitrogens is 1. The number of hydrogen-bond donors (Lipinski definition) is 1. The molecule has 1 N–H and O–H groups in total. The third-order valence-corrected chi connectivity index (χ3v) is 6.74. The van der Waals surface area contributed by atoms with Crippen LogP contribution in [0.3, 0.4) is 0 Å². The van der Waals surface area contributed by atoms with Crippen LogP contribution >= 0.6 is 0 Å². The van der Waals surface area contributed by atoms with Crippen molar-refractivity contribution in [2.24, 2.45) is 0 Å². The first-order valence-corrected chi connectivity index (χ1v) is 13.1. The molecule has 1 nitrogen and oxygen atoms in total. The number of nitrogens with one attached hydrogen (secondary N) is 1. The fraction of sp³-hybridized carbons (Fsp3) is 0.200. The summed E-state index contributed by atoms with van der Waals surface area (Å²) >= 11 is 0. The van der Waals surface area contributed by atoms with Crippen LogP contribution in [0.5, 0.6) is 0 Å². The normalized spacial score (nSPS) is 12.7. The number of para-hydroxylation sites is 1. The lowest BCUT2D eigenvalue weighted by Crippen LogP contribution is -1.96. The molecule has 1 heterocycles. The average Bonchev–Trinajstić information content (AvgIpc) is 3.30. The van der Waals surface area contributed by atoms with E-state index < -0.39 is 0 Å². The van der Waals surface area contributed by atoms with Gasteiger partial charge in [-0.3, -0.25) is 0 Å². The smallest absolute Gasteiger partial charge is 0.0471 e. The molecule has 36 heavy (non-hydrogen) atoms. The molecule has 0 fully saturated rings. The molecular weight excluding hydrogens is 434 g/mol. The first kappa shape index (κ1) is 25.3. The predicted molar refractivity (Wildman–Crippen MR) is 159 cm³/mol. The fourth-order valence-electron chi connectivity index (χ4n) is 4.98. The standard InChI is InChI=1S/C26H23N.C7H8.C2H6/c1-17-8-3-4-9-20(17)21-15-14-19(16-18(21)2)22-11-7-13-25-26(22)23-10-5-6-12-24(23)27-25;1-7-5-3-2-4-6-7;1-2/h3,5-8,10-16,27H,4,9H2,1-2H3;2-6H,1H3;1-2H3. The highest BCUT2D eigenvalue weighted by Gasteiger charge is 2.13. The molecule has 1 aliphatic carbocycles. The Hall–Kier alpha value is -3.84. The first-order chi connectivity index (χ1) is 17.6. The van der Waals surface area contributed by atoms with Gasteiger partial charge in [0.2, 0.25) is 0 Å². The molecule has 0 bridgehead atoms. The minimum Gasteiger partial charge on any atom is -0.354 e. The molecule has 0 saturated carbocycles. The summed E-state index contributed by atoms with van der Waals surface area (Å²) in [5, 5.41) is 2.61. The molecule has 0 radical (unpaired) electrons. The van der Waals surface area contributed by atoms with Gasteiger partial charge in [0, 0.05) is 21.8 Å². The van der Waals surface area contributed by atoms with Crippen molar-refractivity contribution in [3.8, 4) is 11.1 Å². The lowest BCUT2D eigenvalue weighted by atomic mass is 9.88. The zero-order valence-corrected chi connectivity index (χ0v) is 22.2. The maximum absolute atomic E-state index is 3.56. The Bertz CT molecular complexity index is 1510. The van der Waals surface area contributed by atoms with Crippen LogP contribution < -0.4 is 0 Å². The molecule has 5 aromatic rings. The highest BCUT2D eigenvalue weighted by molar-refractivity contribution is 6.14. The van der Waals surface area contributed by atoms with E-state index in [1.165, 1.54) is 60.8 Å². The second kappa shape index (κ2) is 11.7. The Kier molecular flexibility index (Phi) is 8.23. The minimum absolute atomic E-state index is 1.14. The van der Waals surface area contributed by atoms with Gasteiger partial charge in [0.05, 0.1) is 0 Å². The van der Waals surface area contributed by atoms with Crippen molar-refractivity contribution in [3.05, 3.63) is 125 Å². The molecule has 0 aliphatic heterocycles.